The van der Waals surface area contributed by atoms with E-state index < -0.39 is 0 Å². The summed E-state index contributed by atoms with van der Waals surface area (Å²) in [4.78, 5) is 1.09. The number of halogens is 2. The van der Waals surface area contributed by atoms with Gasteiger partial charge in [-0.05, 0) is 27.5 Å². The van der Waals surface area contributed by atoms with Crippen LogP contribution >= 0.6 is 39.1 Å². The van der Waals surface area contributed by atoms with Gasteiger partial charge >= 0.3 is 0 Å². The van der Waals surface area contributed by atoms with Crippen molar-refractivity contribution in [1.29, 1.82) is 0 Å². The smallest absolute Gasteiger partial charge is 0.164 e. The fourth-order valence-corrected chi connectivity index (χ4v) is 2.34. The maximum Gasteiger partial charge on any atom is 0.164 e. The van der Waals surface area contributed by atoms with Gasteiger partial charge in [-0.2, -0.15) is 9.47 Å². The third-order valence-electron chi connectivity index (χ3n) is 1.64. The van der Waals surface area contributed by atoms with Crippen molar-refractivity contribution in [1.82, 2.24) is 14.2 Å². The van der Waals surface area contributed by atoms with E-state index in [1.165, 1.54) is 11.5 Å². The lowest BCUT2D eigenvalue weighted by atomic mass is 10.5. The van der Waals surface area contributed by atoms with Gasteiger partial charge in [0.25, 0.3) is 0 Å². The van der Waals surface area contributed by atoms with E-state index in [4.69, 9.17) is 17.3 Å². The van der Waals surface area contributed by atoms with Gasteiger partial charge in [0, 0.05) is 6.20 Å². The first-order valence-corrected chi connectivity index (χ1v) is 5.68. The molecule has 74 valence electrons. The van der Waals surface area contributed by atoms with Gasteiger partial charge in [0.15, 0.2) is 5.82 Å². The fraction of sp³-hybridized carbons (Fsp3) is 0.143. The van der Waals surface area contributed by atoms with E-state index in [-0.39, 0.29) is 0 Å². The van der Waals surface area contributed by atoms with Crippen molar-refractivity contribution >= 4 is 44.9 Å². The van der Waals surface area contributed by atoms with Gasteiger partial charge in [-0.15, -0.1) is 0 Å². The summed E-state index contributed by atoms with van der Waals surface area (Å²) in [5, 5.41) is 4.52. The molecule has 2 aromatic heterocycles. The van der Waals surface area contributed by atoms with Gasteiger partial charge in [0.05, 0.1) is 22.1 Å². The molecule has 0 aliphatic carbocycles. The summed E-state index contributed by atoms with van der Waals surface area (Å²) in [6.07, 6.45) is 3.46. The SMILES string of the molecule is Nc1nn(Cc2sncc2Br)cc1Cl. The molecule has 0 unspecified atom stereocenters. The first kappa shape index (κ1) is 9.95. The van der Waals surface area contributed by atoms with Crippen LogP contribution in [0.15, 0.2) is 16.9 Å². The minimum atomic E-state index is 0.354. The Kier molecular flexibility index (Phi) is 2.76. The second-order valence-corrected chi connectivity index (χ2v) is 4.80. The topological polar surface area (TPSA) is 56.7 Å². The lowest BCUT2D eigenvalue weighted by Gasteiger charge is -1.97. The van der Waals surface area contributed by atoms with Gasteiger partial charge in [0.1, 0.15) is 5.02 Å². The van der Waals surface area contributed by atoms with Crippen molar-refractivity contribution in [3.8, 4) is 0 Å². The number of rotatable bonds is 2. The number of hydrogen-bond acceptors (Lipinski definition) is 4. The highest BCUT2D eigenvalue weighted by atomic mass is 79.9. The van der Waals surface area contributed by atoms with Crippen LogP contribution in [0.4, 0.5) is 5.82 Å². The van der Waals surface area contributed by atoms with Crippen LogP contribution in [0.2, 0.25) is 5.02 Å². The summed E-state index contributed by atoms with van der Waals surface area (Å²) in [7, 11) is 0. The zero-order valence-corrected chi connectivity index (χ0v) is 10.1. The summed E-state index contributed by atoms with van der Waals surface area (Å²) in [6, 6.07) is 0. The van der Waals surface area contributed by atoms with Crippen molar-refractivity contribution in [2.75, 3.05) is 5.73 Å². The minimum absolute atomic E-state index is 0.354. The summed E-state index contributed by atoms with van der Waals surface area (Å²) in [5.74, 6) is 0.354. The summed E-state index contributed by atoms with van der Waals surface area (Å²) in [6.45, 7) is 0.627. The maximum absolute atomic E-state index is 5.78. The second kappa shape index (κ2) is 3.88. The fourth-order valence-electron chi connectivity index (χ4n) is 0.996. The maximum atomic E-state index is 5.78. The lowest BCUT2D eigenvalue weighted by Crippen LogP contribution is -1.99. The molecule has 0 aliphatic rings. The average Bonchev–Trinajstić information content (AvgIpc) is 2.63. The third-order valence-corrected chi connectivity index (χ3v) is 3.66. The molecule has 0 spiro atoms. The van der Waals surface area contributed by atoms with Crippen LogP contribution in [-0.4, -0.2) is 14.2 Å². The van der Waals surface area contributed by atoms with Gasteiger partial charge in [0.2, 0.25) is 0 Å². The third kappa shape index (κ3) is 1.92. The number of nitrogens with zero attached hydrogens (tertiary/aromatic N) is 3. The average molecular weight is 294 g/mol. The Bertz CT molecular complexity index is 433. The molecule has 0 amide bonds. The Hall–Kier alpha value is -0.590. The molecule has 0 radical (unpaired) electrons. The zero-order valence-electron chi connectivity index (χ0n) is 6.94. The highest BCUT2D eigenvalue weighted by molar-refractivity contribution is 9.10. The Morgan fingerprint density at radius 1 is 1.64 bits per heavy atom. The molecule has 4 nitrogen and oxygen atoms in total. The minimum Gasteiger partial charge on any atom is -0.381 e. The quantitative estimate of drug-likeness (QED) is 0.925. The van der Waals surface area contributed by atoms with Gasteiger partial charge < -0.3 is 5.73 Å². The number of aromatic nitrogens is 3. The Balaban J connectivity index is 2.23. The molecule has 0 aliphatic heterocycles. The molecule has 2 aromatic rings. The van der Waals surface area contributed by atoms with E-state index in [0.29, 0.717) is 17.4 Å². The normalized spacial score (nSPS) is 10.7. The molecule has 2 N–H and O–H groups in total. The van der Waals surface area contributed by atoms with E-state index in [1.807, 2.05) is 0 Å². The number of nitrogens with two attached hydrogens (primary N) is 1. The molecule has 0 saturated carbocycles. The molecule has 2 rings (SSSR count). The number of nitrogen functional groups attached to an aromatic ring is 1. The molecule has 14 heavy (non-hydrogen) atoms. The molecule has 0 saturated heterocycles. The highest BCUT2D eigenvalue weighted by Gasteiger charge is 2.07. The van der Waals surface area contributed by atoms with Crippen molar-refractivity contribution in [3.63, 3.8) is 0 Å². The van der Waals surface area contributed by atoms with E-state index in [1.54, 1.807) is 17.1 Å². The van der Waals surface area contributed by atoms with Crippen LogP contribution in [0.1, 0.15) is 4.88 Å². The lowest BCUT2D eigenvalue weighted by molar-refractivity contribution is 0.697. The summed E-state index contributed by atoms with van der Waals surface area (Å²) >= 11 is 10.6. The van der Waals surface area contributed by atoms with Crippen LogP contribution in [0.25, 0.3) is 0 Å². The van der Waals surface area contributed by atoms with Gasteiger partial charge in [-0.25, -0.2) is 0 Å². The van der Waals surface area contributed by atoms with Crippen LogP contribution in [0, 0.1) is 0 Å². The highest BCUT2D eigenvalue weighted by Crippen LogP contribution is 2.22. The predicted octanol–water partition coefficient (Wildman–Crippen LogP) is 2.39. The molecule has 0 aromatic carbocycles. The Labute approximate surface area is 98.0 Å². The van der Waals surface area contributed by atoms with Crippen LogP contribution in [0.5, 0.6) is 0 Å². The largest absolute Gasteiger partial charge is 0.381 e. The second-order valence-electron chi connectivity index (χ2n) is 2.66. The van der Waals surface area contributed by atoms with Gasteiger partial charge in [-0.1, -0.05) is 11.6 Å². The molecular formula is C7H6BrClN4S. The van der Waals surface area contributed by atoms with Crippen LogP contribution < -0.4 is 5.73 Å². The Morgan fingerprint density at radius 2 is 2.43 bits per heavy atom. The van der Waals surface area contributed by atoms with Crippen molar-refractivity contribution in [3.05, 3.63) is 26.8 Å². The van der Waals surface area contributed by atoms with E-state index >= 15 is 0 Å². The molecular weight excluding hydrogens is 288 g/mol. The monoisotopic (exact) mass is 292 g/mol. The van der Waals surface area contributed by atoms with Crippen molar-refractivity contribution in [2.24, 2.45) is 0 Å². The van der Waals surface area contributed by atoms with E-state index in [9.17, 15) is 0 Å². The molecule has 0 fully saturated rings. The molecule has 0 bridgehead atoms. The summed E-state index contributed by atoms with van der Waals surface area (Å²) in [5.41, 5.74) is 5.52. The van der Waals surface area contributed by atoms with E-state index in [2.05, 4.69) is 25.4 Å². The Morgan fingerprint density at radius 3 is 2.93 bits per heavy atom. The van der Waals surface area contributed by atoms with Crippen LogP contribution in [-0.2, 0) is 6.54 Å². The first-order chi connectivity index (χ1) is 6.66. The number of anilines is 1. The first-order valence-electron chi connectivity index (χ1n) is 3.74. The zero-order chi connectivity index (χ0) is 10.1. The predicted molar refractivity (Wildman–Crippen MR) is 60.6 cm³/mol. The van der Waals surface area contributed by atoms with E-state index in [0.717, 1.165) is 9.35 Å². The van der Waals surface area contributed by atoms with Crippen molar-refractivity contribution in [2.45, 2.75) is 6.54 Å². The van der Waals surface area contributed by atoms with Gasteiger partial charge in [-0.3, -0.25) is 4.68 Å². The standard InChI is InChI=1S/C7H6BrClN4S/c8-4-1-11-14-6(4)3-13-2-5(9)7(10)12-13/h1-2H,3H2,(H2,10,12). The number of hydrogen-bond donors (Lipinski definition) is 1. The van der Waals surface area contributed by atoms with Crippen LogP contribution in [0.3, 0.4) is 0 Å². The summed E-state index contributed by atoms with van der Waals surface area (Å²) < 4.78 is 6.71. The molecule has 7 heteroatoms. The molecule has 0 atom stereocenters. The van der Waals surface area contributed by atoms with Crippen molar-refractivity contribution < 1.29 is 0 Å². The molecule has 2 heterocycles.